The maximum absolute atomic E-state index is 12.7. The summed E-state index contributed by atoms with van der Waals surface area (Å²) in [5, 5.41) is 9.15. The number of nitrogens with zero attached hydrogens (tertiary/aromatic N) is 2. The quantitative estimate of drug-likeness (QED) is 0.945. The van der Waals surface area contributed by atoms with Crippen LogP contribution in [0.3, 0.4) is 0 Å². The van der Waals surface area contributed by atoms with Gasteiger partial charge in [-0.05, 0) is 18.4 Å². The molecule has 22 heavy (non-hydrogen) atoms. The van der Waals surface area contributed by atoms with E-state index in [0.29, 0.717) is 25.1 Å². The van der Waals surface area contributed by atoms with E-state index in [1.54, 1.807) is 10.4 Å². The Hall–Kier alpha value is -2.21. The zero-order chi connectivity index (χ0) is 15.5. The van der Waals surface area contributed by atoms with Crippen LogP contribution in [0.5, 0.6) is 0 Å². The van der Waals surface area contributed by atoms with Gasteiger partial charge >= 0.3 is 5.97 Å². The van der Waals surface area contributed by atoms with Gasteiger partial charge in [0.15, 0.2) is 0 Å². The summed E-state index contributed by atoms with van der Waals surface area (Å²) in [5.74, 6) is -1.48. The summed E-state index contributed by atoms with van der Waals surface area (Å²) >= 11 is 1.43. The van der Waals surface area contributed by atoms with Gasteiger partial charge in [-0.3, -0.25) is 9.59 Å². The molecule has 0 saturated carbocycles. The van der Waals surface area contributed by atoms with E-state index in [1.807, 2.05) is 30.3 Å². The maximum Gasteiger partial charge on any atom is 0.308 e. The van der Waals surface area contributed by atoms with Gasteiger partial charge in [0.05, 0.1) is 16.3 Å². The Morgan fingerprint density at radius 2 is 2.05 bits per heavy atom. The van der Waals surface area contributed by atoms with Gasteiger partial charge in [-0.25, -0.2) is 4.98 Å². The first-order valence-corrected chi connectivity index (χ1v) is 8.06. The van der Waals surface area contributed by atoms with E-state index in [-0.39, 0.29) is 12.5 Å². The minimum atomic E-state index is -0.834. The summed E-state index contributed by atoms with van der Waals surface area (Å²) in [6, 6.07) is 9.66. The SMILES string of the molecule is O=C(O)C1CCCN(C(=O)c2ncsc2-c2ccccc2)C1. The van der Waals surface area contributed by atoms with Crippen molar-refractivity contribution in [2.75, 3.05) is 13.1 Å². The normalized spacial score (nSPS) is 18.2. The first-order valence-electron chi connectivity index (χ1n) is 7.18. The lowest BCUT2D eigenvalue weighted by Gasteiger charge is -2.30. The van der Waals surface area contributed by atoms with Crippen LogP contribution in [0.1, 0.15) is 23.3 Å². The molecule has 6 heteroatoms. The fraction of sp³-hybridized carbons (Fsp3) is 0.312. The second-order valence-corrected chi connectivity index (χ2v) is 6.18. The van der Waals surface area contributed by atoms with Crippen molar-refractivity contribution in [3.63, 3.8) is 0 Å². The van der Waals surface area contributed by atoms with Gasteiger partial charge in [0.1, 0.15) is 5.69 Å². The molecule has 5 nitrogen and oxygen atoms in total. The van der Waals surface area contributed by atoms with Crippen molar-refractivity contribution >= 4 is 23.2 Å². The lowest BCUT2D eigenvalue weighted by molar-refractivity contribution is -0.143. The van der Waals surface area contributed by atoms with Crippen molar-refractivity contribution in [1.82, 2.24) is 9.88 Å². The van der Waals surface area contributed by atoms with Crippen molar-refractivity contribution < 1.29 is 14.7 Å². The number of piperidine rings is 1. The third-order valence-corrected chi connectivity index (χ3v) is 4.74. The van der Waals surface area contributed by atoms with Crippen LogP contribution < -0.4 is 0 Å². The number of carbonyl (C=O) groups excluding carboxylic acids is 1. The van der Waals surface area contributed by atoms with Crippen LogP contribution in [0, 0.1) is 5.92 Å². The zero-order valence-electron chi connectivity index (χ0n) is 11.9. The van der Waals surface area contributed by atoms with Crippen LogP contribution in [0.4, 0.5) is 0 Å². The number of likely N-dealkylation sites (tertiary alicyclic amines) is 1. The molecule has 1 amide bonds. The standard InChI is InChI=1S/C16H16N2O3S/c19-15(18-8-4-7-12(9-18)16(20)21)13-14(22-10-17-13)11-5-2-1-3-6-11/h1-3,5-6,10,12H,4,7-9H2,(H,20,21). The van der Waals surface area contributed by atoms with E-state index in [9.17, 15) is 9.59 Å². The smallest absolute Gasteiger partial charge is 0.308 e. The molecule has 3 rings (SSSR count). The highest BCUT2D eigenvalue weighted by Gasteiger charge is 2.30. The molecule has 0 spiro atoms. The lowest BCUT2D eigenvalue weighted by atomic mass is 9.98. The predicted molar refractivity (Wildman–Crippen MR) is 83.8 cm³/mol. The van der Waals surface area contributed by atoms with Crippen LogP contribution in [0.15, 0.2) is 35.8 Å². The van der Waals surface area contributed by atoms with Gasteiger partial charge in [0, 0.05) is 13.1 Å². The van der Waals surface area contributed by atoms with Gasteiger partial charge in [0.25, 0.3) is 5.91 Å². The highest BCUT2D eigenvalue weighted by molar-refractivity contribution is 7.13. The number of benzene rings is 1. The third-order valence-electron chi connectivity index (χ3n) is 3.86. The van der Waals surface area contributed by atoms with Crippen LogP contribution in [-0.4, -0.2) is 40.0 Å². The summed E-state index contributed by atoms with van der Waals surface area (Å²) in [7, 11) is 0. The second kappa shape index (κ2) is 6.27. The van der Waals surface area contributed by atoms with Crippen molar-refractivity contribution in [3.8, 4) is 10.4 Å². The first-order chi connectivity index (χ1) is 10.7. The monoisotopic (exact) mass is 316 g/mol. The molecule has 1 N–H and O–H groups in total. The van der Waals surface area contributed by atoms with Crippen LogP contribution in [0.25, 0.3) is 10.4 Å². The number of thiazole rings is 1. The van der Waals surface area contributed by atoms with Crippen LogP contribution in [0.2, 0.25) is 0 Å². The van der Waals surface area contributed by atoms with Gasteiger partial charge in [0.2, 0.25) is 0 Å². The van der Waals surface area contributed by atoms with E-state index in [1.165, 1.54) is 11.3 Å². The zero-order valence-corrected chi connectivity index (χ0v) is 12.8. The maximum atomic E-state index is 12.7. The Labute approximate surface area is 132 Å². The lowest BCUT2D eigenvalue weighted by Crippen LogP contribution is -2.42. The highest BCUT2D eigenvalue weighted by atomic mass is 32.1. The van der Waals surface area contributed by atoms with Gasteiger partial charge in [-0.15, -0.1) is 11.3 Å². The first kappa shape index (κ1) is 14.7. The number of amides is 1. The minimum absolute atomic E-state index is 0.175. The number of rotatable bonds is 3. The van der Waals surface area contributed by atoms with Crippen molar-refractivity contribution in [2.24, 2.45) is 5.92 Å². The van der Waals surface area contributed by atoms with Gasteiger partial charge in [-0.1, -0.05) is 30.3 Å². The van der Waals surface area contributed by atoms with Crippen molar-refractivity contribution in [2.45, 2.75) is 12.8 Å². The van der Waals surface area contributed by atoms with Gasteiger partial charge in [-0.2, -0.15) is 0 Å². The average molecular weight is 316 g/mol. The third kappa shape index (κ3) is 2.87. The topological polar surface area (TPSA) is 70.5 Å². The number of hydrogen-bond acceptors (Lipinski definition) is 4. The van der Waals surface area contributed by atoms with Crippen molar-refractivity contribution in [1.29, 1.82) is 0 Å². The van der Waals surface area contributed by atoms with Crippen LogP contribution in [-0.2, 0) is 4.79 Å². The summed E-state index contributed by atoms with van der Waals surface area (Å²) in [6.45, 7) is 0.855. The van der Waals surface area contributed by atoms with E-state index in [2.05, 4.69) is 4.98 Å². The van der Waals surface area contributed by atoms with E-state index in [4.69, 9.17) is 5.11 Å². The number of aromatic nitrogens is 1. The molecule has 1 atom stereocenters. The Bertz CT molecular complexity index is 684. The molecule has 1 unspecified atom stereocenters. The fourth-order valence-electron chi connectivity index (χ4n) is 2.71. The Morgan fingerprint density at radius 3 is 2.77 bits per heavy atom. The summed E-state index contributed by atoms with van der Waals surface area (Å²) in [5.41, 5.74) is 3.04. The Balaban J connectivity index is 1.84. The van der Waals surface area contributed by atoms with E-state index < -0.39 is 11.9 Å². The largest absolute Gasteiger partial charge is 0.481 e. The number of carboxylic acid groups (broad SMARTS) is 1. The molecule has 0 aliphatic carbocycles. The van der Waals surface area contributed by atoms with E-state index in [0.717, 1.165) is 10.4 Å². The Morgan fingerprint density at radius 1 is 1.27 bits per heavy atom. The number of aliphatic carboxylic acids is 1. The molecule has 1 aliphatic rings. The van der Waals surface area contributed by atoms with Crippen molar-refractivity contribution in [3.05, 3.63) is 41.5 Å². The summed E-state index contributed by atoms with van der Waals surface area (Å²) in [6.07, 6.45) is 1.34. The second-order valence-electron chi connectivity index (χ2n) is 5.32. The molecule has 1 aliphatic heterocycles. The molecule has 2 aromatic rings. The molecule has 0 bridgehead atoms. The number of hydrogen-bond donors (Lipinski definition) is 1. The highest BCUT2D eigenvalue weighted by Crippen LogP contribution is 2.29. The predicted octanol–water partition coefficient (Wildman–Crippen LogP) is 2.75. The minimum Gasteiger partial charge on any atom is -0.481 e. The molecule has 1 fully saturated rings. The molecular formula is C16H16N2O3S. The molecule has 1 saturated heterocycles. The van der Waals surface area contributed by atoms with Gasteiger partial charge < -0.3 is 10.0 Å². The molecule has 114 valence electrons. The average Bonchev–Trinajstić information content (AvgIpc) is 3.04. The number of carboxylic acids is 1. The molecule has 1 aromatic heterocycles. The summed E-state index contributed by atoms with van der Waals surface area (Å²) < 4.78 is 0. The summed E-state index contributed by atoms with van der Waals surface area (Å²) in [4.78, 5) is 30.5. The molecular weight excluding hydrogens is 300 g/mol. The van der Waals surface area contributed by atoms with E-state index >= 15 is 0 Å². The fourth-order valence-corrected chi connectivity index (χ4v) is 3.49. The number of carbonyl (C=O) groups is 2. The van der Waals surface area contributed by atoms with Crippen LogP contribution >= 0.6 is 11.3 Å². The molecule has 2 heterocycles. The molecule has 0 radical (unpaired) electrons. The molecule has 1 aromatic carbocycles. The Kier molecular flexibility index (Phi) is 4.20.